The highest BCUT2D eigenvalue weighted by Crippen LogP contribution is 2.33. The van der Waals surface area contributed by atoms with Gasteiger partial charge in [-0.3, -0.25) is 0 Å². The van der Waals surface area contributed by atoms with Crippen molar-refractivity contribution in [3.8, 4) is 0 Å². The van der Waals surface area contributed by atoms with Crippen molar-refractivity contribution < 1.29 is 0 Å². The third-order valence-corrected chi connectivity index (χ3v) is 5.27. The minimum Gasteiger partial charge on any atom is -0.311 e. The zero-order valence-corrected chi connectivity index (χ0v) is 14.0. The van der Waals surface area contributed by atoms with E-state index in [4.69, 9.17) is 11.6 Å². The Morgan fingerprint density at radius 3 is 2.63 bits per heavy atom. The van der Waals surface area contributed by atoms with E-state index in [1.165, 1.54) is 31.2 Å². The summed E-state index contributed by atoms with van der Waals surface area (Å²) in [5.74, 6) is 0. The number of hydrogen-bond donors (Lipinski definition) is 1. The third-order valence-electron chi connectivity index (χ3n) is 4.26. The summed E-state index contributed by atoms with van der Waals surface area (Å²) in [7, 11) is 4.39. The smallest absolute Gasteiger partial charge is 0.0410 e. The Morgan fingerprint density at radius 2 is 2.00 bits per heavy atom. The summed E-state index contributed by atoms with van der Waals surface area (Å²) in [4.78, 5) is 2.39. The molecule has 0 aliphatic heterocycles. The molecule has 0 atom stereocenters. The van der Waals surface area contributed by atoms with Gasteiger partial charge in [-0.05, 0) is 50.7 Å². The van der Waals surface area contributed by atoms with Crippen molar-refractivity contribution in [3.63, 3.8) is 0 Å². The van der Waals surface area contributed by atoms with Crippen LogP contribution in [-0.2, 0) is 6.54 Å². The Morgan fingerprint density at radius 1 is 1.32 bits per heavy atom. The van der Waals surface area contributed by atoms with Gasteiger partial charge in [0.25, 0.3) is 0 Å². The second kappa shape index (κ2) is 6.57. The van der Waals surface area contributed by atoms with Gasteiger partial charge in [-0.1, -0.05) is 40.4 Å². The summed E-state index contributed by atoms with van der Waals surface area (Å²) in [5.41, 5.74) is 1.56. The Hall–Kier alpha value is -0.0900. The van der Waals surface area contributed by atoms with Gasteiger partial charge < -0.3 is 10.2 Å². The van der Waals surface area contributed by atoms with Crippen molar-refractivity contribution in [2.24, 2.45) is 0 Å². The minimum absolute atomic E-state index is 0.338. The average Bonchev–Trinajstić information content (AvgIpc) is 2.84. The Labute approximate surface area is 129 Å². The van der Waals surface area contributed by atoms with Gasteiger partial charge in [0, 0.05) is 28.1 Å². The maximum atomic E-state index is 6.04. The van der Waals surface area contributed by atoms with E-state index in [-0.39, 0.29) is 0 Å². The van der Waals surface area contributed by atoms with Crippen LogP contribution in [-0.4, -0.2) is 31.1 Å². The fourth-order valence-corrected chi connectivity index (χ4v) is 3.51. The first kappa shape index (κ1) is 15.3. The molecule has 0 radical (unpaired) electrons. The second-order valence-electron chi connectivity index (χ2n) is 5.67. The SMILES string of the molecule is CN(C)C1(CNCc2cc(Cl)ccc2Br)CCCC1. The number of nitrogens with zero attached hydrogens (tertiary/aromatic N) is 1. The van der Waals surface area contributed by atoms with Gasteiger partial charge in [0.05, 0.1) is 0 Å². The molecule has 4 heteroatoms. The van der Waals surface area contributed by atoms with Crippen molar-refractivity contribution in [2.45, 2.75) is 37.8 Å². The molecule has 0 amide bonds. The summed E-state index contributed by atoms with van der Waals surface area (Å²) in [6.45, 7) is 1.90. The number of benzene rings is 1. The quantitative estimate of drug-likeness (QED) is 0.865. The maximum absolute atomic E-state index is 6.04. The summed E-state index contributed by atoms with van der Waals surface area (Å²) in [6.07, 6.45) is 5.29. The van der Waals surface area contributed by atoms with Crippen LogP contribution in [0.4, 0.5) is 0 Å². The summed E-state index contributed by atoms with van der Waals surface area (Å²) >= 11 is 9.62. The molecule has 0 saturated heterocycles. The van der Waals surface area contributed by atoms with Crippen LogP contribution in [0.2, 0.25) is 5.02 Å². The van der Waals surface area contributed by atoms with Crippen molar-refractivity contribution in [1.82, 2.24) is 10.2 Å². The molecule has 19 heavy (non-hydrogen) atoms. The molecule has 1 fully saturated rings. The van der Waals surface area contributed by atoms with Gasteiger partial charge in [-0.2, -0.15) is 0 Å². The molecular weight excluding hydrogens is 324 g/mol. The Bertz CT molecular complexity index is 428. The molecule has 1 aromatic rings. The predicted octanol–water partition coefficient (Wildman–Crippen LogP) is 4.07. The van der Waals surface area contributed by atoms with Crippen LogP contribution in [0.15, 0.2) is 22.7 Å². The average molecular weight is 346 g/mol. The summed E-state index contributed by atoms with van der Waals surface area (Å²) < 4.78 is 1.12. The van der Waals surface area contributed by atoms with E-state index in [1.807, 2.05) is 18.2 Å². The van der Waals surface area contributed by atoms with Gasteiger partial charge in [-0.15, -0.1) is 0 Å². The van der Waals surface area contributed by atoms with Crippen LogP contribution in [0, 0.1) is 0 Å². The summed E-state index contributed by atoms with van der Waals surface area (Å²) in [5, 5.41) is 4.40. The second-order valence-corrected chi connectivity index (χ2v) is 6.96. The van der Waals surface area contributed by atoms with Gasteiger partial charge in [0.2, 0.25) is 0 Å². The highest BCUT2D eigenvalue weighted by atomic mass is 79.9. The van der Waals surface area contributed by atoms with Crippen LogP contribution in [0.5, 0.6) is 0 Å². The first-order valence-electron chi connectivity index (χ1n) is 6.86. The molecule has 0 aromatic heterocycles. The fraction of sp³-hybridized carbons (Fsp3) is 0.600. The van der Waals surface area contributed by atoms with E-state index in [9.17, 15) is 0 Å². The van der Waals surface area contributed by atoms with Crippen molar-refractivity contribution in [1.29, 1.82) is 0 Å². The van der Waals surface area contributed by atoms with Gasteiger partial charge in [-0.25, -0.2) is 0 Å². The molecule has 1 saturated carbocycles. The van der Waals surface area contributed by atoms with Crippen molar-refractivity contribution in [2.75, 3.05) is 20.6 Å². The molecule has 1 N–H and O–H groups in total. The minimum atomic E-state index is 0.338. The van der Waals surface area contributed by atoms with Gasteiger partial charge >= 0.3 is 0 Å². The monoisotopic (exact) mass is 344 g/mol. The highest BCUT2D eigenvalue weighted by Gasteiger charge is 2.35. The van der Waals surface area contributed by atoms with Crippen molar-refractivity contribution in [3.05, 3.63) is 33.3 Å². The van der Waals surface area contributed by atoms with E-state index < -0.39 is 0 Å². The molecular formula is C15H22BrClN2. The molecule has 0 spiro atoms. The molecule has 1 aromatic carbocycles. The molecule has 0 unspecified atom stereocenters. The van der Waals surface area contributed by atoms with Crippen LogP contribution in [0.1, 0.15) is 31.2 Å². The van der Waals surface area contributed by atoms with Gasteiger partial charge in [0.1, 0.15) is 0 Å². The Kier molecular flexibility index (Phi) is 5.29. The molecule has 1 aliphatic carbocycles. The van der Waals surface area contributed by atoms with Crippen LogP contribution in [0.3, 0.4) is 0 Å². The van der Waals surface area contributed by atoms with E-state index in [0.29, 0.717) is 5.54 Å². The van der Waals surface area contributed by atoms with E-state index in [1.54, 1.807) is 0 Å². The zero-order valence-electron chi connectivity index (χ0n) is 11.7. The van der Waals surface area contributed by atoms with Crippen LogP contribution >= 0.6 is 27.5 Å². The van der Waals surface area contributed by atoms with Gasteiger partial charge in [0.15, 0.2) is 0 Å². The first-order chi connectivity index (χ1) is 9.03. The lowest BCUT2D eigenvalue weighted by atomic mass is 9.96. The fourth-order valence-electron chi connectivity index (χ4n) is 2.92. The number of likely N-dealkylation sites (N-methyl/N-ethyl adjacent to an activating group) is 1. The maximum Gasteiger partial charge on any atom is 0.0410 e. The molecule has 2 nitrogen and oxygen atoms in total. The number of nitrogens with one attached hydrogen (secondary N) is 1. The highest BCUT2D eigenvalue weighted by molar-refractivity contribution is 9.10. The lowest BCUT2D eigenvalue weighted by Gasteiger charge is -2.36. The van der Waals surface area contributed by atoms with Crippen LogP contribution in [0.25, 0.3) is 0 Å². The molecule has 106 valence electrons. The largest absolute Gasteiger partial charge is 0.311 e. The summed E-state index contributed by atoms with van der Waals surface area (Å²) in [6, 6.07) is 5.94. The van der Waals surface area contributed by atoms with E-state index in [2.05, 4.69) is 40.2 Å². The van der Waals surface area contributed by atoms with E-state index in [0.717, 1.165) is 22.6 Å². The standard InChI is InChI=1S/C15H22BrClN2/c1-19(2)15(7-3-4-8-15)11-18-10-12-9-13(17)5-6-14(12)16/h5-6,9,18H,3-4,7-8,10-11H2,1-2H3. The Balaban J connectivity index is 1.94. The predicted molar refractivity (Wildman–Crippen MR) is 85.7 cm³/mol. The zero-order chi connectivity index (χ0) is 13.9. The third kappa shape index (κ3) is 3.72. The number of rotatable bonds is 5. The molecule has 0 bridgehead atoms. The number of hydrogen-bond acceptors (Lipinski definition) is 2. The molecule has 1 aliphatic rings. The first-order valence-corrected chi connectivity index (χ1v) is 8.03. The number of halogens is 2. The topological polar surface area (TPSA) is 15.3 Å². The van der Waals surface area contributed by atoms with Crippen molar-refractivity contribution >= 4 is 27.5 Å². The van der Waals surface area contributed by atoms with Crippen LogP contribution < -0.4 is 5.32 Å². The molecule has 0 heterocycles. The lowest BCUT2D eigenvalue weighted by molar-refractivity contribution is 0.153. The van der Waals surface area contributed by atoms with E-state index >= 15 is 0 Å². The normalized spacial score (nSPS) is 18.2. The molecule has 2 rings (SSSR count). The lowest BCUT2D eigenvalue weighted by Crippen LogP contribution is -2.49.